The minimum atomic E-state index is -0.772. The number of aromatic nitrogens is 1. The number of halogens is 1. The molecule has 4 rings (SSSR count). The van der Waals surface area contributed by atoms with Gasteiger partial charge in [-0.15, -0.1) is 11.3 Å². The number of fused-ring (bicyclic) bond motifs is 1. The van der Waals surface area contributed by atoms with Gasteiger partial charge in [0, 0.05) is 34.6 Å². The topological polar surface area (TPSA) is 54.3 Å². The molecule has 2 aromatic heterocycles. The van der Waals surface area contributed by atoms with E-state index in [1.54, 1.807) is 35.6 Å². The summed E-state index contributed by atoms with van der Waals surface area (Å²) in [4.78, 5) is 14.3. The van der Waals surface area contributed by atoms with Crippen LogP contribution < -0.4 is 5.32 Å². The van der Waals surface area contributed by atoms with E-state index in [1.807, 2.05) is 40.9 Å². The highest BCUT2D eigenvalue weighted by Gasteiger charge is 2.26. The van der Waals surface area contributed by atoms with Crippen molar-refractivity contribution < 1.29 is 9.90 Å². The molecule has 4 nitrogen and oxygen atoms in total. The number of aliphatic hydroxyl groups is 1. The predicted molar refractivity (Wildman–Crippen MR) is 112 cm³/mol. The summed E-state index contributed by atoms with van der Waals surface area (Å²) in [5.74, 6) is 1.86. The second-order valence-corrected chi connectivity index (χ2v) is 8.98. The maximum absolute atomic E-state index is 13.0. The minimum Gasteiger partial charge on any atom is -0.387 e. The number of carbonyl (C=O) groups excluding carboxylic acids is 1. The van der Waals surface area contributed by atoms with Gasteiger partial charge in [0.1, 0.15) is 5.00 Å². The van der Waals surface area contributed by atoms with Crippen LogP contribution in [0, 0.1) is 0 Å². The Morgan fingerprint density at radius 1 is 1.26 bits per heavy atom. The van der Waals surface area contributed by atoms with Crippen LogP contribution in [-0.4, -0.2) is 27.9 Å². The molecule has 3 heterocycles. The van der Waals surface area contributed by atoms with Gasteiger partial charge in [0.15, 0.2) is 0 Å². The third-order valence-corrected chi connectivity index (χ3v) is 7.24. The smallest absolute Gasteiger partial charge is 0.254 e. The molecule has 1 aromatic carbocycles. The molecule has 0 spiro atoms. The summed E-state index contributed by atoms with van der Waals surface area (Å²) in [6.45, 7) is 0.158. The van der Waals surface area contributed by atoms with Crippen molar-refractivity contribution >= 4 is 40.6 Å². The molecule has 1 unspecified atom stereocenters. The number of thiophene rings is 1. The van der Waals surface area contributed by atoms with Crippen molar-refractivity contribution in [3.05, 3.63) is 75.4 Å². The monoisotopic (exact) mass is 418 g/mol. The molecule has 1 atom stereocenters. The Labute approximate surface area is 171 Å². The van der Waals surface area contributed by atoms with Crippen LogP contribution in [0.4, 0.5) is 0 Å². The largest absolute Gasteiger partial charge is 0.387 e. The Bertz CT molecular complexity index is 936. The van der Waals surface area contributed by atoms with Gasteiger partial charge in [-0.1, -0.05) is 23.7 Å². The summed E-state index contributed by atoms with van der Waals surface area (Å²) in [5.41, 5.74) is 2.63. The second-order valence-electron chi connectivity index (χ2n) is 6.35. The first-order chi connectivity index (χ1) is 13.1. The van der Waals surface area contributed by atoms with Gasteiger partial charge in [0.05, 0.1) is 11.7 Å². The SMILES string of the molecule is O=C(NCC(O)c1ccc(Cl)cc1)c1c(-n2cccc2)sc2c1CCSC2. The molecule has 7 heteroatoms. The molecule has 1 aliphatic heterocycles. The van der Waals surface area contributed by atoms with E-state index in [0.29, 0.717) is 5.02 Å². The maximum atomic E-state index is 13.0. The van der Waals surface area contributed by atoms with Crippen LogP contribution in [0.15, 0.2) is 48.8 Å². The van der Waals surface area contributed by atoms with Crippen molar-refractivity contribution in [3.8, 4) is 5.00 Å². The van der Waals surface area contributed by atoms with E-state index in [-0.39, 0.29) is 12.5 Å². The van der Waals surface area contributed by atoms with E-state index in [1.165, 1.54) is 4.88 Å². The van der Waals surface area contributed by atoms with Crippen molar-refractivity contribution in [2.75, 3.05) is 12.3 Å². The van der Waals surface area contributed by atoms with Crippen LogP contribution in [0.25, 0.3) is 5.00 Å². The first-order valence-electron chi connectivity index (χ1n) is 8.71. The van der Waals surface area contributed by atoms with Crippen molar-refractivity contribution in [2.24, 2.45) is 0 Å². The third-order valence-electron chi connectivity index (χ3n) is 4.58. The minimum absolute atomic E-state index is 0.129. The number of nitrogens with one attached hydrogen (secondary N) is 1. The molecule has 0 saturated carbocycles. The molecule has 0 saturated heterocycles. The highest BCUT2D eigenvalue weighted by atomic mass is 35.5. The normalized spacial score (nSPS) is 14.6. The molecule has 0 bridgehead atoms. The zero-order valence-corrected chi connectivity index (χ0v) is 16.9. The lowest BCUT2D eigenvalue weighted by Crippen LogP contribution is -2.29. The average molecular weight is 419 g/mol. The summed E-state index contributed by atoms with van der Waals surface area (Å²) in [5, 5.41) is 14.9. The summed E-state index contributed by atoms with van der Waals surface area (Å²) in [7, 11) is 0. The Balaban J connectivity index is 1.56. The van der Waals surface area contributed by atoms with Gasteiger partial charge >= 0.3 is 0 Å². The van der Waals surface area contributed by atoms with Crippen molar-refractivity contribution in [1.82, 2.24) is 9.88 Å². The molecule has 27 heavy (non-hydrogen) atoms. The standard InChI is InChI=1S/C20H19ClN2O2S2/c21-14-5-3-13(4-6-14)16(24)11-22-19(25)18-15-7-10-26-12-17(15)27-20(18)23-8-1-2-9-23/h1-6,8-9,16,24H,7,10-12H2,(H,22,25). The number of rotatable bonds is 5. The molecular weight excluding hydrogens is 400 g/mol. The van der Waals surface area contributed by atoms with Crippen LogP contribution in [0.3, 0.4) is 0 Å². The quantitative estimate of drug-likeness (QED) is 0.643. The van der Waals surface area contributed by atoms with Gasteiger partial charge in [-0.3, -0.25) is 4.79 Å². The number of nitrogens with zero attached hydrogens (tertiary/aromatic N) is 1. The van der Waals surface area contributed by atoms with Crippen LogP contribution in [0.5, 0.6) is 0 Å². The zero-order valence-electron chi connectivity index (χ0n) is 14.5. The van der Waals surface area contributed by atoms with E-state index >= 15 is 0 Å². The highest BCUT2D eigenvalue weighted by molar-refractivity contribution is 7.98. The molecule has 140 valence electrons. The van der Waals surface area contributed by atoms with Gasteiger partial charge in [-0.2, -0.15) is 11.8 Å². The lowest BCUT2D eigenvalue weighted by atomic mass is 10.1. The summed E-state index contributed by atoms with van der Waals surface area (Å²) >= 11 is 9.48. The van der Waals surface area contributed by atoms with Crippen molar-refractivity contribution in [3.63, 3.8) is 0 Å². The first-order valence-corrected chi connectivity index (χ1v) is 11.1. The molecule has 1 aliphatic rings. The van der Waals surface area contributed by atoms with Gasteiger partial charge in [-0.05, 0) is 47.6 Å². The van der Waals surface area contributed by atoms with E-state index in [0.717, 1.165) is 39.6 Å². The zero-order chi connectivity index (χ0) is 18.8. The van der Waals surface area contributed by atoms with E-state index in [2.05, 4.69) is 5.32 Å². The van der Waals surface area contributed by atoms with Gasteiger partial charge in [-0.25, -0.2) is 0 Å². The van der Waals surface area contributed by atoms with Gasteiger partial charge in [0.2, 0.25) is 0 Å². The Hall–Kier alpha value is -1.73. The molecule has 2 N–H and O–H groups in total. The molecule has 1 amide bonds. The number of carbonyl (C=O) groups is 1. The number of hydrogen-bond acceptors (Lipinski definition) is 4. The molecule has 0 fully saturated rings. The highest BCUT2D eigenvalue weighted by Crippen LogP contribution is 2.38. The van der Waals surface area contributed by atoms with Crippen molar-refractivity contribution in [1.29, 1.82) is 0 Å². The average Bonchev–Trinajstić information content (AvgIpc) is 3.33. The predicted octanol–water partition coefficient (Wildman–Crippen LogP) is 4.44. The molecule has 0 aliphatic carbocycles. The summed E-state index contributed by atoms with van der Waals surface area (Å²) in [6, 6.07) is 10.9. The fourth-order valence-electron chi connectivity index (χ4n) is 3.18. The van der Waals surface area contributed by atoms with Crippen LogP contribution in [-0.2, 0) is 12.2 Å². The van der Waals surface area contributed by atoms with E-state index in [4.69, 9.17) is 11.6 Å². The lowest BCUT2D eigenvalue weighted by Gasteiger charge is -2.15. The second kappa shape index (κ2) is 8.10. The molecule has 3 aromatic rings. The van der Waals surface area contributed by atoms with Crippen LogP contribution in [0.1, 0.15) is 32.5 Å². The lowest BCUT2D eigenvalue weighted by molar-refractivity contribution is 0.0916. The van der Waals surface area contributed by atoms with Crippen molar-refractivity contribution in [2.45, 2.75) is 18.3 Å². The fourth-order valence-corrected chi connectivity index (χ4v) is 5.75. The molecule has 0 radical (unpaired) electrons. The van der Waals surface area contributed by atoms with Gasteiger partial charge < -0.3 is 15.0 Å². The fraction of sp³-hybridized carbons (Fsp3) is 0.250. The van der Waals surface area contributed by atoms with Gasteiger partial charge in [0.25, 0.3) is 5.91 Å². The van der Waals surface area contributed by atoms with E-state index < -0.39 is 6.10 Å². The maximum Gasteiger partial charge on any atom is 0.254 e. The number of benzene rings is 1. The number of amides is 1. The summed E-state index contributed by atoms with van der Waals surface area (Å²) < 4.78 is 2.00. The van der Waals surface area contributed by atoms with E-state index in [9.17, 15) is 9.90 Å². The molecular formula is C20H19ClN2O2S2. The number of hydrogen-bond donors (Lipinski definition) is 2. The van der Waals surface area contributed by atoms with Crippen LogP contribution in [0.2, 0.25) is 5.02 Å². The number of thioether (sulfide) groups is 1. The van der Waals surface area contributed by atoms with Crippen LogP contribution >= 0.6 is 34.7 Å². The Kier molecular flexibility index (Phi) is 5.59. The third kappa shape index (κ3) is 3.94. The number of aliphatic hydroxyl groups excluding tert-OH is 1. The Morgan fingerprint density at radius 2 is 2.00 bits per heavy atom. The summed E-state index contributed by atoms with van der Waals surface area (Å²) in [6.07, 6.45) is 4.06. The first kappa shape index (κ1) is 18.6. The Morgan fingerprint density at radius 3 is 2.74 bits per heavy atom.